The Labute approximate surface area is 304 Å². The summed E-state index contributed by atoms with van der Waals surface area (Å²) in [4.78, 5) is 33.4. The smallest absolute Gasteiger partial charge is 0.390 e. The molecule has 15 heteroatoms. The molecular weight excluding hydrogens is 722 g/mol. The Hall–Kier alpha value is -3.62. The first kappa shape index (κ1) is 42.5. The number of halogens is 7. The van der Waals surface area contributed by atoms with Gasteiger partial charge in [0.1, 0.15) is 16.6 Å². The van der Waals surface area contributed by atoms with Crippen molar-refractivity contribution in [2.45, 2.75) is 58.0 Å². The van der Waals surface area contributed by atoms with Crippen LogP contribution >= 0.6 is 36.2 Å². The number of carbonyl (C=O) groups excluding carboxylic acids is 2. The number of amides is 2. The average Bonchev–Trinajstić information content (AvgIpc) is 3.58. The Morgan fingerprint density at radius 3 is 2.18 bits per heavy atom. The number of nitrogens with one attached hydrogen (secondary N) is 2. The lowest BCUT2D eigenvalue weighted by molar-refractivity contribution is -0.137. The van der Waals surface area contributed by atoms with Gasteiger partial charge in [-0.05, 0) is 66.8 Å². The van der Waals surface area contributed by atoms with Gasteiger partial charge in [-0.2, -0.15) is 13.2 Å². The number of carbonyl (C=O) groups is 2. The number of rotatable bonds is 15. The molecule has 7 nitrogen and oxygen atoms in total. The van der Waals surface area contributed by atoms with Gasteiger partial charge in [0.25, 0.3) is 11.8 Å². The number of hydrogen-bond acceptors (Lipinski definition) is 6. The Kier molecular flexibility index (Phi) is 16.8. The second-order valence-electron chi connectivity index (χ2n) is 11.4. The molecule has 272 valence electrons. The number of thiazole rings is 1. The van der Waals surface area contributed by atoms with E-state index in [9.17, 15) is 36.6 Å². The predicted octanol–water partition coefficient (Wildman–Crippen LogP) is 7.70. The molecule has 0 fully saturated rings. The van der Waals surface area contributed by atoms with Crippen LogP contribution in [0.15, 0.2) is 72.2 Å². The summed E-state index contributed by atoms with van der Waals surface area (Å²) < 4.78 is 67.6. The average molecular weight is 762 g/mol. The summed E-state index contributed by atoms with van der Waals surface area (Å²) >= 11 is 1.33. The fourth-order valence-electron chi connectivity index (χ4n) is 5.29. The van der Waals surface area contributed by atoms with Crippen LogP contribution in [0, 0.1) is 11.6 Å². The van der Waals surface area contributed by atoms with Gasteiger partial charge < -0.3 is 20.6 Å². The van der Waals surface area contributed by atoms with Gasteiger partial charge in [-0.3, -0.25) is 9.59 Å². The zero-order valence-corrected chi connectivity index (χ0v) is 29.8. The summed E-state index contributed by atoms with van der Waals surface area (Å²) in [5, 5.41) is 19.2. The van der Waals surface area contributed by atoms with Crippen LogP contribution in [0.1, 0.15) is 64.1 Å². The zero-order valence-electron chi connectivity index (χ0n) is 27.3. The first-order valence-electron chi connectivity index (χ1n) is 15.5. The maximum absolute atomic E-state index is 14.1. The topological polar surface area (TPSA) is 94.6 Å². The molecule has 0 aliphatic carbocycles. The van der Waals surface area contributed by atoms with Crippen molar-refractivity contribution < 1.29 is 36.6 Å². The summed E-state index contributed by atoms with van der Waals surface area (Å²) in [6.07, 6.45) is -2.94. The van der Waals surface area contributed by atoms with Crippen LogP contribution in [-0.4, -0.2) is 58.6 Å². The van der Waals surface area contributed by atoms with E-state index in [0.29, 0.717) is 35.3 Å². The van der Waals surface area contributed by atoms with Gasteiger partial charge in [0.05, 0.1) is 17.7 Å². The number of alkyl halides is 3. The molecule has 3 aromatic carbocycles. The molecule has 1 aromatic heterocycles. The van der Waals surface area contributed by atoms with E-state index in [1.807, 2.05) is 13.8 Å². The predicted molar refractivity (Wildman–Crippen MR) is 189 cm³/mol. The van der Waals surface area contributed by atoms with E-state index in [0.717, 1.165) is 37.1 Å². The molecular formula is C35H39Cl2F5N4O3S. The van der Waals surface area contributed by atoms with Gasteiger partial charge in [-0.15, -0.1) is 36.2 Å². The summed E-state index contributed by atoms with van der Waals surface area (Å²) in [7, 11) is 0. The Bertz CT molecular complexity index is 1670. The van der Waals surface area contributed by atoms with Crippen molar-refractivity contribution in [3.8, 4) is 10.6 Å². The van der Waals surface area contributed by atoms with Gasteiger partial charge in [0, 0.05) is 60.5 Å². The third-order valence-electron chi connectivity index (χ3n) is 7.49. The minimum atomic E-state index is -4.52. The maximum Gasteiger partial charge on any atom is 0.416 e. The van der Waals surface area contributed by atoms with Crippen molar-refractivity contribution in [2.24, 2.45) is 0 Å². The normalized spacial score (nSPS) is 12.3. The van der Waals surface area contributed by atoms with E-state index in [-0.39, 0.29) is 66.9 Å². The first-order chi connectivity index (χ1) is 22.9. The molecule has 3 N–H and O–H groups in total. The molecule has 0 saturated carbocycles. The SMILES string of the molecule is CCCN(CCC)C(=O)c1cc(C(=O)N[C@@H](Cc2cc(F)cc(F)c2)[C@H](O)CNCc2cccc(C(F)(F)F)c2)cc(-c2nccs2)c1.Cl.Cl. The first-order valence-corrected chi connectivity index (χ1v) is 16.4. The van der Waals surface area contributed by atoms with Crippen LogP contribution in [-0.2, 0) is 19.1 Å². The van der Waals surface area contributed by atoms with Gasteiger partial charge in [0.2, 0.25) is 0 Å². The van der Waals surface area contributed by atoms with Crippen LogP contribution in [0.25, 0.3) is 10.6 Å². The van der Waals surface area contributed by atoms with Crippen molar-refractivity contribution in [1.29, 1.82) is 0 Å². The molecule has 0 aliphatic heterocycles. The molecule has 0 aliphatic rings. The summed E-state index contributed by atoms with van der Waals surface area (Å²) in [6.45, 7) is 4.79. The highest BCUT2D eigenvalue weighted by atomic mass is 35.5. The number of benzene rings is 3. The minimum Gasteiger partial charge on any atom is -0.390 e. The van der Waals surface area contributed by atoms with Gasteiger partial charge in [-0.1, -0.05) is 32.0 Å². The highest BCUT2D eigenvalue weighted by Gasteiger charge is 2.30. The Balaban J connectivity index is 0.00000433. The highest BCUT2D eigenvalue weighted by Crippen LogP contribution is 2.29. The van der Waals surface area contributed by atoms with Crippen LogP contribution < -0.4 is 10.6 Å². The van der Waals surface area contributed by atoms with Crippen molar-refractivity contribution in [3.05, 3.63) is 112 Å². The fraction of sp³-hybridized carbons (Fsp3) is 0.343. The molecule has 0 unspecified atom stereocenters. The van der Waals surface area contributed by atoms with E-state index in [2.05, 4.69) is 15.6 Å². The molecule has 0 spiro atoms. The Morgan fingerprint density at radius 2 is 1.58 bits per heavy atom. The summed E-state index contributed by atoms with van der Waals surface area (Å²) in [5.41, 5.74) is 0.602. The lowest BCUT2D eigenvalue weighted by Crippen LogP contribution is -2.48. The summed E-state index contributed by atoms with van der Waals surface area (Å²) in [6, 6.07) is 11.2. The van der Waals surface area contributed by atoms with E-state index in [1.165, 1.54) is 29.5 Å². The van der Waals surface area contributed by atoms with Crippen LogP contribution in [0.3, 0.4) is 0 Å². The number of aliphatic hydroxyl groups is 1. The molecule has 0 saturated heterocycles. The number of aliphatic hydroxyl groups excluding tert-OH is 1. The number of aromatic nitrogens is 1. The van der Waals surface area contributed by atoms with E-state index in [4.69, 9.17) is 0 Å². The van der Waals surface area contributed by atoms with Gasteiger partial charge >= 0.3 is 6.18 Å². The fourth-order valence-corrected chi connectivity index (χ4v) is 5.92. The maximum atomic E-state index is 14.1. The lowest BCUT2D eigenvalue weighted by Gasteiger charge is -2.25. The number of nitrogens with zero attached hydrogens (tertiary/aromatic N) is 2. The quantitative estimate of drug-likeness (QED) is 0.108. The largest absolute Gasteiger partial charge is 0.416 e. The highest BCUT2D eigenvalue weighted by molar-refractivity contribution is 7.13. The third kappa shape index (κ3) is 12.0. The van der Waals surface area contributed by atoms with Crippen molar-refractivity contribution in [3.63, 3.8) is 0 Å². The van der Waals surface area contributed by atoms with Crippen LogP contribution in [0.4, 0.5) is 22.0 Å². The molecule has 4 rings (SSSR count). The summed E-state index contributed by atoms with van der Waals surface area (Å²) in [5.74, 6) is -2.58. The monoisotopic (exact) mass is 760 g/mol. The molecule has 2 atom stereocenters. The molecule has 0 bridgehead atoms. The third-order valence-corrected chi connectivity index (χ3v) is 8.31. The Morgan fingerprint density at radius 1 is 0.920 bits per heavy atom. The van der Waals surface area contributed by atoms with Gasteiger partial charge in [-0.25, -0.2) is 13.8 Å². The molecule has 0 radical (unpaired) electrons. The van der Waals surface area contributed by atoms with E-state index in [1.54, 1.807) is 28.6 Å². The van der Waals surface area contributed by atoms with E-state index < -0.39 is 41.4 Å². The number of hydrogen-bond donors (Lipinski definition) is 3. The second kappa shape index (κ2) is 19.7. The lowest BCUT2D eigenvalue weighted by atomic mass is 9.99. The molecule has 50 heavy (non-hydrogen) atoms. The van der Waals surface area contributed by atoms with E-state index >= 15 is 0 Å². The second-order valence-corrected chi connectivity index (χ2v) is 12.3. The van der Waals surface area contributed by atoms with Crippen molar-refractivity contribution in [2.75, 3.05) is 19.6 Å². The molecule has 4 aromatic rings. The van der Waals surface area contributed by atoms with Gasteiger partial charge in [0.15, 0.2) is 0 Å². The standard InChI is InChI=1S/C35H37F5N4O3S.2ClH/c1-3-9-44(10-4-2)34(47)26-17-24(16-25(18-26)33-42-8-11-48-33)32(46)43-30(15-23-13-28(36)19-29(37)14-23)31(45)21-41-20-22-6-5-7-27(12-22)35(38,39)40;;/h5-8,11-14,16-19,30-31,41,45H,3-4,9-10,15,20-21H2,1-2H3,(H,43,46);2*1H/t30-,31+;;/m0../s1. The van der Waals surface area contributed by atoms with Crippen LogP contribution in [0.5, 0.6) is 0 Å². The van der Waals surface area contributed by atoms with Crippen molar-refractivity contribution in [1.82, 2.24) is 20.5 Å². The van der Waals surface area contributed by atoms with Crippen molar-refractivity contribution >= 4 is 48.0 Å². The molecule has 2 amide bonds. The zero-order chi connectivity index (χ0) is 34.8. The van der Waals surface area contributed by atoms with Crippen LogP contribution in [0.2, 0.25) is 0 Å². The molecule has 1 heterocycles. The minimum absolute atomic E-state index is 0.